The Morgan fingerprint density at radius 2 is 2.00 bits per heavy atom. The van der Waals surface area contributed by atoms with Gasteiger partial charge < -0.3 is 5.11 Å². The van der Waals surface area contributed by atoms with Crippen LogP contribution in [0.5, 0.6) is 0 Å². The third-order valence-electron chi connectivity index (χ3n) is 2.78. The summed E-state index contributed by atoms with van der Waals surface area (Å²) in [5, 5.41) is 10.1. The van der Waals surface area contributed by atoms with Crippen LogP contribution in [0.15, 0.2) is 24.3 Å². The molecule has 0 bridgehead atoms. The van der Waals surface area contributed by atoms with Crippen LogP contribution in [-0.2, 0) is 12.0 Å². The van der Waals surface area contributed by atoms with Crippen molar-refractivity contribution >= 4 is 0 Å². The highest BCUT2D eigenvalue weighted by Gasteiger charge is 2.19. The summed E-state index contributed by atoms with van der Waals surface area (Å²) >= 11 is 0. The van der Waals surface area contributed by atoms with Crippen LogP contribution in [0.3, 0.4) is 0 Å². The van der Waals surface area contributed by atoms with Crippen LogP contribution in [0.4, 0.5) is 0 Å². The van der Waals surface area contributed by atoms with Crippen LogP contribution >= 0.6 is 0 Å². The van der Waals surface area contributed by atoms with E-state index in [9.17, 15) is 5.11 Å². The Balaban J connectivity index is 2.93. The lowest BCUT2D eigenvalue weighted by atomic mass is 9.91. The number of rotatable bonds is 4. The first-order chi connectivity index (χ1) is 6.60. The summed E-state index contributed by atoms with van der Waals surface area (Å²) in [6.45, 7) is 6.05. The first-order valence-electron chi connectivity index (χ1n) is 5.42. The quantitative estimate of drug-likeness (QED) is 0.776. The van der Waals surface area contributed by atoms with Crippen LogP contribution in [0, 0.1) is 0 Å². The zero-order valence-corrected chi connectivity index (χ0v) is 9.38. The predicted octanol–water partition coefficient (Wildman–Crippen LogP) is 3.26. The van der Waals surface area contributed by atoms with Crippen molar-refractivity contribution in [3.8, 4) is 0 Å². The van der Waals surface area contributed by atoms with E-state index in [1.807, 2.05) is 26.0 Å². The van der Waals surface area contributed by atoms with Gasteiger partial charge in [0.25, 0.3) is 0 Å². The fourth-order valence-electron chi connectivity index (χ4n) is 1.55. The smallest absolute Gasteiger partial charge is 0.0866 e. The summed E-state index contributed by atoms with van der Waals surface area (Å²) in [6, 6.07) is 8.28. The van der Waals surface area contributed by atoms with Gasteiger partial charge in [-0.15, -0.1) is 0 Å². The van der Waals surface area contributed by atoms with E-state index in [1.165, 1.54) is 5.56 Å². The molecule has 14 heavy (non-hydrogen) atoms. The fraction of sp³-hybridized carbons (Fsp3) is 0.538. The lowest BCUT2D eigenvalue weighted by Gasteiger charge is -2.22. The average molecular weight is 192 g/mol. The number of aliphatic hydroxyl groups is 1. The van der Waals surface area contributed by atoms with Gasteiger partial charge in [0.1, 0.15) is 0 Å². The average Bonchev–Trinajstić information content (AvgIpc) is 2.19. The standard InChI is InChI=1S/C13H20O/c1-4-7-11-8-6-9-12(10-11)13(3,14)5-2/h6,8-10,14H,4-5,7H2,1-3H3. The summed E-state index contributed by atoms with van der Waals surface area (Å²) in [6.07, 6.45) is 2.99. The molecular formula is C13H20O. The summed E-state index contributed by atoms with van der Waals surface area (Å²) < 4.78 is 0. The van der Waals surface area contributed by atoms with Crippen molar-refractivity contribution in [2.45, 2.75) is 45.6 Å². The highest BCUT2D eigenvalue weighted by Crippen LogP contribution is 2.24. The van der Waals surface area contributed by atoms with Gasteiger partial charge in [-0.1, -0.05) is 44.5 Å². The lowest BCUT2D eigenvalue weighted by Crippen LogP contribution is -2.19. The molecule has 0 heterocycles. The summed E-state index contributed by atoms with van der Waals surface area (Å²) in [4.78, 5) is 0. The lowest BCUT2D eigenvalue weighted by molar-refractivity contribution is 0.0530. The fourth-order valence-corrected chi connectivity index (χ4v) is 1.55. The molecule has 1 nitrogen and oxygen atoms in total. The Labute approximate surface area is 86.8 Å². The molecule has 1 rings (SSSR count). The van der Waals surface area contributed by atoms with Gasteiger partial charge in [-0.2, -0.15) is 0 Å². The Morgan fingerprint density at radius 1 is 1.29 bits per heavy atom. The molecule has 0 fully saturated rings. The normalized spacial score (nSPS) is 15.1. The Hall–Kier alpha value is -0.820. The third-order valence-corrected chi connectivity index (χ3v) is 2.78. The Bertz CT molecular complexity index is 289. The first kappa shape index (κ1) is 11.3. The molecular weight excluding hydrogens is 172 g/mol. The minimum absolute atomic E-state index is 0.677. The molecule has 0 saturated carbocycles. The van der Waals surface area contributed by atoms with Crippen molar-refractivity contribution in [3.63, 3.8) is 0 Å². The molecule has 1 aromatic rings. The monoisotopic (exact) mass is 192 g/mol. The van der Waals surface area contributed by atoms with Crippen LogP contribution in [0.25, 0.3) is 0 Å². The SMILES string of the molecule is CCCc1cccc(C(C)(O)CC)c1. The van der Waals surface area contributed by atoms with E-state index < -0.39 is 5.60 Å². The summed E-state index contributed by atoms with van der Waals surface area (Å²) in [5.41, 5.74) is 1.67. The van der Waals surface area contributed by atoms with Crippen LogP contribution < -0.4 is 0 Å². The molecule has 0 aromatic heterocycles. The maximum absolute atomic E-state index is 10.1. The van der Waals surface area contributed by atoms with Gasteiger partial charge in [0.15, 0.2) is 0 Å². The van der Waals surface area contributed by atoms with Gasteiger partial charge in [-0.25, -0.2) is 0 Å². The van der Waals surface area contributed by atoms with Crippen molar-refractivity contribution in [2.75, 3.05) is 0 Å². The summed E-state index contributed by atoms with van der Waals surface area (Å²) in [5.74, 6) is 0. The molecule has 0 radical (unpaired) electrons. The number of hydrogen-bond donors (Lipinski definition) is 1. The molecule has 0 amide bonds. The zero-order valence-electron chi connectivity index (χ0n) is 9.38. The van der Waals surface area contributed by atoms with E-state index in [1.54, 1.807) is 0 Å². The van der Waals surface area contributed by atoms with Crippen LogP contribution in [-0.4, -0.2) is 5.11 Å². The predicted molar refractivity (Wildman–Crippen MR) is 60.3 cm³/mol. The maximum atomic E-state index is 10.1. The maximum Gasteiger partial charge on any atom is 0.0866 e. The van der Waals surface area contributed by atoms with E-state index in [0.29, 0.717) is 0 Å². The Morgan fingerprint density at radius 3 is 2.57 bits per heavy atom. The second-order valence-corrected chi connectivity index (χ2v) is 4.08. The topological polar surface area (TPSA) is 20.2 Å². The highest BCUT2D eigenvalue weighted by atomic mass is 16.3. The minimum Gasteiger partial charge on any atom is -0.385 e. The summed E-state index contributed by atoms with van der Waals surface area (Å²) in [7, 11) is 0. The van der Waals surface area contributed by atoms with Crippen molar-refractivity contribution in [3.05, 3.63) is 35.4 Å². The van der Waals surface area contributed by atoms with E-state index in [-0.39, 0.29) is 0 Å². The number of hydrogen-bond acceptors (Lipinski definition) is 1. The van der Waals surface area contributed by atoms with Gasteiger partial charge in [-0.05, 0) is 30.9 Å². The third kappa shape index (κ3) is 2.58. The molecule has 1 heteroatoms. The van der Waals surface area contributed by atoms with Crippen molar-refractivity contribution in [2.24, 2.45) is 0 Å². The van der Waals surface area contributed by atoms with Crippen LogP contribution in [0.2, 0.25) is 0 Å². The molecule has 78 valence electrons. The molecule has 1 atom stereocenters. The molecule has 1 unspecified atom stereocenters. The molecule has 0 aliphatic rings. The first-order valence-corrected chi connectivity index (χ1v) is 5.42. The largest absolute Gasteiger partial charge is 0.385 e. The minimum atomic E-state index is -0.677. The van der Waals surface area contributed by atoms with E-state index in [0.717, 1.165) is 24.8 Å². The van der Waals surface area contributed by atoms with Crippen molar-refractivity contribution in [1.82, 2.24) is 0 Å². The molecule has 1 N–H and O–H groups in total. The zero-order chi connectivity index (χ0) is 10.6. The highest BCUT2D eigenvalue weighted by molar-refractivity contribution is 5.27. The number of aryl methyl sites for hydroxylation is 1. The van der Waals surface area contributed by atoms with E-state index >= 15 is 0 Å². The molecule has 0 aliphatic carbocycles. The van der Waals surface area contributed by atoms with Gasteiger partial charge in [0, 0.05) is 0 Å². The molecule has 0 aliphatic heterocycles. The second-order valence-electron chi connectivity index (χ2n) is 4.08. The van der Waals surface area contributed by atoms with Crippen molar-refractivity contribution < 1.29 is 5.11 Å². The molecule has 1 aromatic carbocycles. The molecule has 0 saturated heterocycles. The van der Waals surface area contributed by atoms with Gasteiger partial charge in [-0.3, -0.25) is 0 Å². The van der Waals surface area contributed by atoms with Gasteiger partial charge in [0.05, 0.1) is 5.60 Å². The Kier molecular flexibility index (Phi) is 3.70. The van der Waals surface area contributed by atoms with Crippen molar-refractivity contribution in [1.29, 1.82) is 0 Å². The van der Waals surface area contributed by atoms with E-state index in [2.05, 4.69) is 19.1 Å². The van der Waals surface area contributed by atoms with Gasteiger partial charge >= 0.3 is 0 Å². The van der Waals surface area contributed by atoms with Crippen LogP contribution in [0.1, 0.15) is 44.7 Å². The van der Waals surface area contributed by atoms with Gasteiger partial charge in [0.2, 0.25) is 0 Å². The van der Waals surface area contributed by atoms with E-state index in [4.69, 9.17) is 0 Å². The number of benzene rings is 1. The second kappa shape index (κ2) is 4.61. The molecule has 0 spiro atoms.